The number of rotatable bonds is 1. The fourth-order valence-corrected chi connectivity index (χ4v) is 12.7. The molecule has 0 N–H and O–H groups in total. The Bertz CT molecular complexity index is 1440. The first-order valence-corrected chi connectivity index (χ1v) is 14.6. The van der Waals surface area contributed by atoms with Crippen LogP contribution < -0.4 is 0 Å². The van der Waals surface area contributed by atoms with Gasteiger partial charge in [0.25, 0.3) is 5.69 Å². The summed E-state index contributed by atoms with van der Waals surface area (Å²) in [4.78, 5) is 1.56. The molecule has 4 heterocycles. The van der Waals surface area contributed by atoms with E-state index in [4.69, 9.17) is 149 Å². The largest absolute Gasteiger partial charge is 0.323 e. The minimum Gasteiger partial charge on any atom is -0.323 e. The highest BCUT2D eigenvalue weighted by molar-refractivity contribution is 9.10. The Labute approximate surface area is 270 Å². The zero-order chi connectivity index (χ0) is 27.0. The lowest BCUT2D eigenvalue weighted by atomic mass is 9.55. The number of hydrogen-bond acceptors (Lipinski definition) is 4. The smallest absolute Gasteiger partial charge is 0.283 e. The molecule has 1 aliphatic carbocycles. The normalized spacial score (nSPS) is 52.1. The Morgan fingerprint density at radius 1 is 0.667 bits per heavy atom. The quantitative estimate of drug-likeness (QED) is 0.161. The average Bonchev–Trinajstić information content (AvgIpc) is 3.24. The number of alkyl halides is 8. The van der Waals surface area contributed by atoms with Crippen LogP contribution in [-0.2, 0) is 19.2 Å². The van der Waals surface area contributed by atoms with Crippen molar-refractivity contribution in [3.63, 3.8) is 0 Å². The maximum atomic E-state index is 11.9. The van der Waals surface area contributed by atoms with Gasteiger partial charge in [-0.15, -0.1) is 46.4 Å². The number of nitro groups is 1. The minimum atomic E-state index is -2.53. The van der Waals surface area contributed by atoms with Gasteiger partial charge in [0.2, 0.25) is 20.2 Å². The molecule has 5 aliphatic rings. The van der Waals surface area contributed by atoms with Gasteiger partial charge in [-0.3, -0.25) is 10.1 Å². The second-order valence-electron chi connectivity index (χ2n) is 8.58. The molecule has 8 unspecified atom stereocenters. The van der Waals surface area contributed by atoms with E-state index in [1.54, 1.807) is 0 Å². The van der Waals surface area contributed by atoms with E-state index in [0.29, 0.717) is 0 Å². The van der Waals surface area contributed by atoms with Crippen molar-refractivity contribution in [3.8, 4) is 0 Å². The van der Waals surface area contributed by atoms with Crippen LogP contribution in [0.25, 0.3) is 0 Å². The molecule has 4 aliphatic heterocycles. The first-order valence-electron chi connectivity index (χ1n) is 9.27. The third-order valence-electron chi connectivity index (χ3n) is 7.30. The zero-order valence-electron chi connectivity index (χ0n) is 16.1. The Balaban J connectivity index is 1.91. The minimum absolute atomic E-state index is 0.0431. The van der Waals surface area contributed by atoms with Gasteiger partial charge in [-0.1, -0.05) is 92.8 Å². The molecule has 2 saturated heterocycles. The lowest BCUT2D eigenvalue weighted by Crippen LogP contribution is -2.80. The lowest BCUT2D eigenvalue weighted by molar-refractivity contribution is -0.385. The van der Waals surface area contributed by atoms with E-state index in [1.165, 1.54) is 6.07 Å². The summed E-state index contributed by atoms with van der Waals surface area (Å²) in [6, 6.07) is 2.31. The van der Waals surface area contributed by atoms with Crippen molar-refractivity contribution in [1.82, 2.24) is 0 Å². The predicted octanol–water partition coefficient (Wildman–Crippen LogP) is 9.40. The summed E-state index contributed by atoms with van der Waals surface area (Å²) < 4.78 is 11.8. The van der Waals surface area contributed by atoms with Crippen molar-refractivity contribution in [1.29, 1.82) is 0 Å². The molecule has 0 aromatic heterocycles. The van der Waals surface area contributed by atoms with Gasteiger partial charge in [0.1, 0.15) is 19.5 Å². The Hall–Kier alpha value is 1.98. The predicted molar refractivity (Wildman–Crippen MR) is 147 cm³/mol. The molecule has 0 saturated carbocycles. The first kappa shape index (κ1) is 28.1. The monoisotopic (exact) mass is 795 g/mol. The fourth-order valence-electron chi connectivity index (χ4n) is 5.81. The third kappa shape index (κ3) is 2.22. The van der Waals surface area contributed by atoms with Gasteiger partial charge in [-0.05, 0) is 33.1 Å². The zero-order valence-corrected chi connectivity index (χ0v) is 26.8. The molecular weight excluding hydrogens is 800 g/mol. The van der Waals surface area contributed by atoms with Crippen LogP contribution in [0.3, 0.4) is 0 Å². The molecule has 0 radical (unpaired) electrons. The van der Waals surface area contributed by atoms with Crippen molar-refractivity contribution < 1.29 is 14.4 Å². The molecule has 6 rings (SSSR count). The fraction of sp³-hybridized carbons (Fsp3) is 0.444. The summed E-state index contributed by atoms with van der Waals surface area (Å²) >= 11 is 86.4. The van der Waals surface area contributed by atoms with Crippen LogP contribution >= 0.6 is 155 Å². The molecule has 4 bridgehead atoms. The van der Waals surface area contributed by atoms with E-state index >= 15 is 0 Å². The van der Waals surface area contributed by atoms with E-state index in [1.807, 2.05) is 0 Å². The molecule has 5 nitrogen and oxygen atoms in total. The van der Waals surface area contributed by atoms with E-state index < -0.39 is 50.3 Å². The summed E-state index contributed by atoms with van der Waals surface area (Å²) in [7, 11) is 0. The van der Waals surface area contributed by atoms with Crippen molar-refractivity contribution in [3.05, 3.63) is 58.0 Å². The Kier molecular flexibility index (Phi) is 5.70. The number of hydrogen-bond donors (Lipinski definition) is 0. The van der Waals surface area contributed by atoms with E-state index in [-0.39, 0.29) is 35.7 Å². The number of benzene rings is 1. The molecule has 18 heteroatoms. The summed E-state index contributed by atoms with van der Waals surface area (Å²) in [6.45, 7) is 0. The second kappa shape index (κ2) is 7.30. The molecule has 1 aromatic rings. The summed E-state index contributed by atoms with van der Waals surface area (Å²) in [5.41, 5.74) is -0.682. The maximum Gasteiger partial charge on any atom is 0.283 e. The highest BCUT2D eigenvalue weighted by Crippen LogP contribution is 2.90. The van der Waals surface area contributed by atoms with Crippen molar-refractivity contribution >= 4 is 161 Å². The van der Waals surface area contributed by atoms with Gasteiger partial charge >= 0.3 is 0 Å². The van der Waals surface area contributed by atoms with Crippen molar-refractivity contribution in [2.45, 2.75) is 39.7 Å². The Morgan fingerprint density at radius 3 is 1.36 bits per heavy atom. The molecule has 1 aromatic carbocycles. The Morgan fingerprint density at radius 2 is 1.00 bits per heavy atom. The molecule has 36 heavy (non-hydrogen) atoms. The summed E-state index contributed by atoms with van der Waals surface area (Å²) in [6.07, 6.45) is 0. The number of nitrogens with zero attached hydrogens (tertiary/aromatic N) is 1. The van der Waals surface area contributed by atoms with Crippen LogP contribution in [0.5, 0.6) is 0 Å². The number of ether oxygens (including phenoxy) is 2. The van der Waals surface area contributed by atoms with E-state index in [2.05, 4.69) is 15.9 Å². The SMILES string of the molecule is O=[N+]([O-])c1cc2c(cc1Br)C1(Cl)C3(Cl)OC(Cl)(C(Cl)=C3Cl)C1(Cl)C1(Cl)C3(Cl)OC(Cl)(C(Cl)=C3Cl)C21Cl. The number of fused-ring (bicyclic) bond motifs is 14. The molecule has 8 atom stereocenters. The van der Waals surface area contributed by atoms with Gasteiger partial charge in [-0.25, -0.2) is 0 Å². The van der Waals surface area contributed by atoms with Crippen LogP contribution in [-0.4, -0.2) is 34.9 Å². The second-order valence-corrected chi connectivity index (χ2v) is 15.3. The standard InChI is InChI=1S/C18H2BrCl12NO4/c19-5-1-3-4(2-6(5)32(33)34)12(25)14(27)8(21)10(23)16(29,36-14)18(12,31)17(30)11(3,24)13(26)7(20)9(22)15(17,28)35-13/h1-2H. The third-order valence-corrected chi connectivity index (χ3v) is 16.4. The highest BCUT2D eigenvalue weighted by atomic mass is 79.9. The summed E-state index contributed by atoms with van der Waals surface area (Å²) in [5, 5.41) is 1.03. The van der Waals surface area contributed by atoms with Gasteiger partial charge < -0.3 is 9.47 Å². The van der Waals surface area contributed by atoms with E-state index in [0.717, 1.165) is 6.07 Å². The molecule has 0 spiro atoms. The maximum absolute atomic E-state index is 11.9. The van der Waals surface area contributed by atoms with Gasteiger partial charge in [0.05, 0.1) is 29.5 Å². The topological polar surface area (TPSA) is 61.6 Å². The van der Waals surface area contributed by atoms with Crippen molar-refractivity contribution in [2.24, 2.45) is 0 Å². The van der Waals surface area contributed by atoms with Crippen LogP contribution in [0.15, 0.2) is 36.7 Å². The van der Waals surface area contributed by atoms with Gasteiger partial charge in [0.15, 0.2) is 0 Å². The van der Waals surface area contributed by atoms with Crippen LogP contribution in [0.4, 0.5) is 5.69 Å². The van der Waals surface area contributed by atoms with E-state index in [9.17, 15) is 10.1 Å². The highest BCUT2D eigenvalue weighted by Gasteiger charge is 3.02. The summed E-state index contributed by atoms with van der Waals surface area (Å²) in [5.74, 6) is 0. The van der Waals surface area contributed by atoms with Crippen molar-refractivity contribution in [2.75, 3.05) is 0 Å². The molecule has 0 amide bonds. The van der Waals surface area contributed by atoms with Crippen LogP contribution in [0.1, 0.15) is 11.1 Å². The van der Waals surface area contributed by atoms with Gasteiger partial charge in [0, 0.05) is 6.07 Å². The molecule has 194 valence electrons. The average molecular weight is 802 g/mol. The molecule has 2 fully saturated rings. The lowest BCUT2D eigenvalue weighted by Gasteiger charge is -2.64. The van der Waals surface area contributed by atoms with Gasteiger partial charge in [-0.2, -0.15) is 0 Å². The molecular formula is C18H2BrCl12NO4. The number of halogens is 13. The van der Waals surface area contributed by atoms with Crippen LogP contribution in [0, 0.1) is 10.1 Å². The van der Waals surface area contributed by atoms with Crippen LogP contribution in [0.2, 0.25) is 0 Å². The first-order chi connectivity index (χ1) is 16.2. The number of nitro benzene ring substituents is 1.